The van der Waals surface area contributed by atoms with E-state index in [0.29, 0.717) is 11.9 Å². The first-order chi connectivity index (χ1) is 11.7. The lowest BCUT2D eigenvalue weighted by atomic mass is 9.78. The molecule has 5 nitrogen and oxygen atoms in total. The Bertz CT molecular complexity index is 614. The second-order valence-corrected chi connectivity index (χ2v) is 7.54. The summed E-state index contributed by atoms with van der Waals surface area (Å²) in [6.07, 6.45) is 6.92. The zero-order valence-corrected chi connectivity index (χ0v) is 14.5. The van der Waals surface area contributed by atoms with Crippen molar-refractivity contribution in [1.82, 2.24) is 9.88 Å². The molecule has 1 aromatic rings. The van der Waals surface area contributed by atoms with Crippen molar-refractivity contribution in [2.45, 2.75) is 45.1 Å². The van der Waals surface area contributed by atoms with Crippen LogP contribution in [0.15, 0.2) is 18.3 Å². The van der Waals surface area contributed by atoms with Crippen molar-refractivity contribution < 1.29 is 9.53 Å². The number of ether oxygens (including phenoxy) is 1. The van der Waals surface area contributed by atoms with Crippen molar-refractivity contribution in [2.24, 2.45) is 5.41 Å². The van der Waals surface area contributed by atoms with E-state index in [9.17, 15) is 4.79 Å². The second kappa shape index (κ2) is 6.36. The predicted octanol–water partition coefficient (Wildman–Crippen LogP) is 2.39. The first kappa shape index (κ1) is 15.9. The molecule has 3 aliphatic heterocycles. The Kier molecular flexibility index (Phi) is 4.21. The molecule has 1 atom stereocenters. The normalized spacial score (nSPS) is 28.8. The molecular weight excluding hydrogens is 302 g/mol. The van der Waals surface area contributed by atoms with E-state index < -0.39 is 0 Å². The van der Waals surface area contributed by atoms with Gasteiger partial charge in [0.1, 0.15) is 5.82 Å². The van der Waals surface area contributed by atoms with Crippen molar-refractivity contribution >= 4 is 11.7 Å². The van der Waals surface area contributed by atoms with E-state index in [2.05, 4.69) is 27.8 Å². The Labute approximate surface area is 144 Å². The number of piperidine rings is 1. The number of anilines is 1. The van der Waals surface area contributed by atoms with Gasteiger partial charge in [-0.2, -0.15) is 0 Å². The Balaban J connectivity index is 1.53. The summed E-state index contributed by atoms with van der Waals surface area (Å²) in [6.45, 7) is 6.43. The number of likely N-dealkylation sites (tertiary alicyclic amines) is 1. The lowest BCUT2D eigenvalue weighted by Crippen LogP contribution is -2.50. The van der Waals surface area contributed by atoms with E-state index in [0.717, 1.165) is 70.8 Å². The molecule has 3 fully saturated rings. The minimum absolute atomic E-state index is 0.194. The Hall–Kier alpha value is -1.62. The molecular formula is C19H27N3O2. The molecule has 0 aliphatic carbocycles. The molecule has 0 N–H and O–H groups in total. The van der Waals surface area contributed by atoms with Crippen molar-refractivity contribution in [2.75, 3.05) is 37.7 Å². The summed E-state index contributed by atoms with van der Waals surface area (Å²) in [7, 11) is 0. The summed E-state index contributed by atoms with van der Waals surface area (Å²) in [5.74, 6) is 1.43. The third-order valence-electron chi connectivity index (χ3n) is 6.04. The van der Waals surface area contributed by atoms with Crippen LogP contribution in [0.4, 0.5) is 5.82 Å². The van der Waals surface area contributed by atoms with Gasteiger partial charge in [0.05, 0.1) is 5.41 Å². The topological polar surface area (TPSA) is 45.7 Å². The third-order valence-corrected chi connectivity index (χ3v) is 6.04. The summed E-state index contributed by atoms with van der Waals surface area (Å²) >= 11 is 0. The van der Waals surface area contributed by atoms with Gasteiger partial charge in [0, 0.05) is 45.1 Å². The highest BCUT2D eigenvalue weighted by Crippen LogP contribution is 2.42. The van der Waals surface area contributed by atoms with Crippen molar-refractivity contribution in [3.63, 3.8) is 0 Å². The smallest absolute Gasteiger partial charge is 0.230 e. The number of pyridine rings is 1. The molecule has 0 bridgehead atoms. The highest BCUT2D eigenvalue weighted by Gasteiger charge is 2.50. The fourth-order valence-electron chi connectivity index (χ4n) is 4.69. The average molecular weight is 329 g/mol. The van der Waals surface area contributed by atoms with Crippen molar-refractivity contribution in [3.8, 4) is 0 Å². The molecule has 0 radical (unpaired) electrons. The van der Waals surface area contributed by atoms with Crippen molar-refractivity contribution in [3.05, 3.63) is 23.9 Å². The molecule has 3 aliphatic rings. The molecule has 130 valence electrons. The van der Waals surface area contributed by atoms with Crippen LogP contribution in [0.3, 0.4) is 0 Å². The van der Waals surface area contributed by atoms with Crippen LogP contribution in [0, 0.1) is 12.3 Å². The Morgan fingerprint density at radius 1 is 1.25 bits per heavy atom. The summed E-state index contributed by atoms with van der Waals surface area (Å²) in [5.41, 5.74) is 1.00. The molecule has 3 saturated heterocycles. The fourth-order valence-corrected chi connectivity index (χ4v) is 4.69. The van der Waals surface area contributed by atoms with Gasteiger partial charge in [-0.25, -0.2) is 4.98 Å². The maximum atomic E-state index is 13.3. The molecule has 0 aromatic carbocycles. The number of nitrogens with zero attached hydrogens (tertiary/aromatic N) is 3. The van der Waals surface area contributed by atoms with Gasteiger partial charge >= 0.3 is 0 Å². The summed E-state index contributed by atoms with van der Waals surface area (Å²) in [6, 6.07) is 4.47. The van der Waals surface area contributed by atoms with E-state index in [-0.39, 0.29) is 5.41 Å². The van der Waals surface area contributed by atoms with Gasteiger partial charge in [0.15, 0.2) is 0 Å². The fraction of sp³-hybridized carbons (Fsp3) is 0.684. The number of aryl methyl sites for hydroxylation is 1. The number of rotatable bonds is 2. The van der Waals surface area contributed by atoms with Crippen LogP contribution in [0.5, 0.6) is 0 Å². The molecule has 0 saturated carbocycles. The lowest BCUT2D eigenvalue weighted by molar-refractivity contribution is -0.139. The van der Waals surface area contributed by atoms with Gasteiger partial charge in [0.25, 0.3) is 0 Å². The number of hydrogen-bond acceptors (Lipinski definition) is 4. The van der Waals surface area contributed by atoms with Gasteiger partial charge in [-0.15, -0.1) is 0 Å². The van der Waals surface area contributed by atoms with E-state index >= 15 is 0 Å². The molecule has 1 aromatic heterocycles. The molecule has 1 spiro atoms. The van der Waals surface area contributed by atoms with Crippen LogP contribution < -0.4 is 4.90 Å². The standard InChI is InChI=1S/C19H27N3O2/c1-15-4-2-9-20-17(15)21-10-3-7-19(14-21)8-11-22(18(19)23)16-5-12-24-13-6-16/h2,4,9,16H,3,5-8,10-14H2,1H3/t19-/m1/s1. The molecule has 4 rings (SSSR count). The van der Waals surface area contributed by atoms with Gasteiger partial charge in [-0.1, -0.05) is 6.07 Å². The molecule has 5 heteroatoms. The van der Waals surface area contributed by atoms with E-state index in [1.54, 1.807) is 0 Å². The predicted molar refractivity (Wildman–Crippen MR) is 93.0 cm³/mol. The summed E-state index contributed by atoms with van der Waals surface area (Å²) in [4.78, 5) is 22.4. The van der Waals surface area contributed by atoms with E-state index in [4.69, 9.17) is 4.74 Å². The first-order valence-electron chi connectivity index (χ1n) is 9.25. The van der Waals surface area contributed by atoms with Crippen LogP contribution in [0.1, 0.15) is 37.7 Å². The maximum Gasteiger partial charge on any atom is 0.230 e. The maximum absolute atomic E-state index is 13.3. The number of amides is 1. The van der Waals surface area contributed by atoms with Gasteiger partial charge in [-0.05, 0) is 50.7 Å². The van der Waals surface area contributed by atoms with Crippen LogP contribution in [0.2, 0.25) is 0 Å². The van der Waals surface area contributed by atoms with Crippen LogP contribution >= 0.6 is 0 Å². The number of carbonyl (C=O) groups is 1. The van der Waals surface area contributed by atoms with Gasteiger partial charge in [0.2, 0.25) is 5.91 Å². The lowest BCUT2D eigenvalue weighted by Gasteiger charge is -2.41. The van der Waals surface area contributed by atoms with E-state index in [1.165, 1.54) is 5.56 Å². The average Bonchev–Trinajstić information content (AvgIpc) is 2.92. The van der Waals surface area contributed by atoms with Crippen LogP contribution in [-0.2, 0) is 9.53 Å². The summed E-state index contributed by atoms with van der Waals surface area (Å²) < 4.78 is 5.47. The highest BCUT2D eigenvalue weighted by atomic mass is 16.5. The number of aromatic nitrogens is 1. The highest BCUT2D eigenvalue weighted by molar-refractivity contribution is 5.86. The summed E-state index contributed by atoms with van der Waals surface area (Å²) in [5, 5.41) is 0. The van der Waals surface area contributed by atoms with Crippen LogP contribution in [-0.4, -0.2) is 54.7 Å². The number of hydrogen-bond donors (Lipinski definition) is 0. The Morgan fingerprint density at radius 2 is 2.08 bits per heavy atom. The van der Waals surface area contributed by atoms with E-state index in [1.807, 2.05) is 12.3 Å². The molecule has 1 amide bonds. The second-order valence-electron chi connectivity index (χ2n) is 7.54. The SMILES string of the molecule is Cc1cccnc1N1CCC[C@@]2(CCN(C3CCOCC3)C2=O)C1. The van der Waals surface area contributed by atoms with Crippen molar-refractivity contribution in [1.29, 1.82) is 0 Å². The minimum atomic E-state index is -0.194. The quantitative estimate of drug-likeness (QED) is 0.836. The zero-order chi connectivity index (χ0) is 16.6. The number of carbonyl (C=O) groups excluding carboxylic acids is 1. The van der Waals surface area contributed by atoms with Gasteiger partial charge in [-0.3, -0.25) is 4.79 Å². The van der Waals surface area contributed by atoms with Gasteiger partial charge < -0.3 is 14.5 Å². The Morgan fingerprint density at radius 3 is 2.88 bits per heavy atom. The molecule has 24 heavy (non-hydrogen) atoms. The monoisotopic (exact) mass is 329 g/mol. The third kappa shape index (κ3) is 2.69. The first-order valence-corrected chi connectivity index (χ1v) is 9.25. The zero-order valence-electron chi connectivity index (χ0n) is 14.5. The van der Waals surface area contributed by atoms with Crippen LogP contribution in [0.25, 0.3) is 0 Å². The minimum Gasteiger partial charge on any atom is -0.381 e. The largest absolute Gasteiger partial charge is 0.381 e. The molecule has 0 unspecified atom stereocenters. The molecule has 4 heterocycles.